The zero-order valence-corrected chi connectivity index (χ0v) is 18.5. The maximum absolute atomic E-state index is 4.71. The van der Waals surface area contributed by atoms with Crippen LogP contribution in [0.25, 0.3) is 28.1 Å². The van der Waals surface area contributed by atoms with Crippen molar-refractivity contribution in [2.45, 2.75) is 18.1 Å². The topological polar surface area (TPSA) is 81.4 Å². The zero-order chi connectivity index (χ0) is 21.9. The average Bonchev–Trinajstić information content (AvgIpc) is 3.28. The molecule has 158 valence electrons. The van der Waals surface area contributed by atoms with Crippen LogP contribution >= 0.6 is 11.8 Å². The minimum atomic E-state index is 0.0903. The van der Waals surface area contributed by atoms with E-state index in [2.05, 4.69) is 44.3 Å². The van der Waals surface area contributed by atoms with Crippen LogP contribution in [0.4, 0.5) is 5.95 Å². The molecule has 32 heavy (non-hydrogen) atoms. The molecule has 2 aromatic carbocycles. The smallest absolute Gasteiger partial charge is 0.225 e. The first-order valence-electron chi connectivity index (χ1n) is 10.2. The third-order valence-corrected chi connectivity index (χ3v) is 5.75. The number of fused-ring (bicyclic) bond motifs is 1. The first-order chi connectivity index (χ1) is 15.7. The molecule has 5 rings (SSSR count). The predicted octanol–water partition coefficient (Wildman–Crippen LogP) is 5.17. The molecule has 0 fully saturated rings. The molecule has 1 unspecified atom stereocenters. The Balaban J connectivity index is 1.44. The number of anilines is 1. The highest BCUT2D eigenvalue weighted by Crippen LogP contribution is 2.25. The lowest BCUT2D eigenvalue weighted by Crippen LogP contribution is -2.10. The molecule has 0 saturated heterocycles. The molecule has 0 aliphatic carbocycles. The molecule has 0 saturated carbocycles. The van der Waals surface area contributed by atoms with E-state index in [0.717, 1.165) is 33.3 Å². The van der Waals surface area contributed by atoms with Crippen molar-refractivity contribution in [1.82, 2.24) is 29.5 Å². The Bertz CT molecular complexity index is 1370. The summed E-state index contributed by atoms with van der Waals surface area (Å²) in [5, 5.41) is 4.13. The monoisotopic (exact) mass is 439 g/mol. The van der Waals surface area contributed by atoms with Crippen molar-refractivity contribution in [2.24, 2.45) is 0 Å². The summed E-state index contributed by atoms with van der Waals surface area (Å²) in [4.78, 5) is 22.5. The zero-order valence-electron chi connectivity index (χ0n) is 17.7. The standard InChI is InChI=1S/C24H21N7S/c1-16(17-6-4-3-5-7-17)28-23-25-13-11-22(30-23)31-15-27-20-14-18(8-9-21(20)31)19-10-12-26-24(29-19)32-2/h3-16H,1-2H3,(H,25,28,30). The molecule has 0 aliphatic heterocycles. The Morgan fingerprint density at radius 3 is 2.59 bits per heavy atom. The number of hydrogen-bond donors (Lipinski definition) is 1. The van der Waals surface area contributed by atoms with Gasteiger partial charge in [-0.3, -0.25) is 4.57 Å². The van der Waals surface area contributed by atoms with Crippen LogP contribution in [0.2, 0.25) is 0 Å². The van der Waals surface area contributed by atoms with Gasteiger partial charge < -0.3 is 5.32 Å². The second-order valence-corrected chi connectivity index (χ2v) is 8.04. The van der Waals surface area contributed by atoms with E-state index in [1.165, 1.54) is 17.3 Å². The summed E-state index contributed by atoms with van der Waals surface area (Å²) < 4.78 is 1.96. The van der Waals surface area contributed by atoms with Crippen LogP contribution in [-0.4, -0.2) is 35.7 Å². The normalized spacial score (nSPS) is 12.1. The van der Waals surface area contributed by atoms with Gasteiger partial charge in [0.05, 0.1) is 22.8 Å². The Morgan fingerprint density at radius 2 is 1.75 bits per heavy atom. The summed E-state index contributed by atoms with van der Waals surface area (Å²) >= 11 is 1.52. The molecule has 8 heteroatoms. The molecular formula is C24H21N7S. The molecule has 1 atom stereocenters. The van der Waals surface area contributed by atoms with Gasteiger partial charge in [0.1, 0.15) is 12.1 Å². The second-order valence-electron chi connectivity index (χ2n) is 7.26. The molecule has 0 amide bonds. The van der Waals surface area contributed by atoms with E-state index in [1.54, 1.807) is 18.7 Å². The van der Waals surface area contributed by atoms with Crippen molar-refractivity contribution in [3.8, 4) is 17.1 Å². The van der Waals surface area contributed by atoms with Crippen molar-refractivity contribution >= 4 is 28.7 Å². The lowest BCUT2D eigenvalue weighted by atomic mass is 10.1. The van der Waals surface area contributed by atoms with Crippen molar-refractivity contribution in [2.75, 3.05) is 11.6 Å². The van der Waals surface area contributed by atoms with Gasteiger partial charge in [-0.2, -0.15) is 4.98 Å². The van der Waals surface area contributed by atoms with Crippen LogP contribution in [0.15, 0.2) is 84.5 Å². The highest BCUT2D eigenvalue weighted by atomic mass is 32.2. The largest absolute Gasteiger partial charge is 0.348 e. The number of imidazole rings is 1. The van der Waals surface area contributed by atoms with E-state index < -0.39 is 0 Å². The van der Waals surface area contributed by atoms with Gasteiger partial charge in [0.2, 0.25) is 5.95 Å². The number of thioether (sulfide) groups is 1. The van der Waals surface area contributed by atoms with Crippen molar-refractivity contribution in [3.05, 3.63) is 84.9 Å². The quantitative estimate of drug-likeness (QED) is 0.289. The fourth-order valence-corrected chi connectivity index (χ4v) is 3.88. The average molecular weight is 440 g/mol. The molecule has 1 N–H and O–H groups in total. The second kappa shape index (κ2) is 8.76. The van der Waals surface area contributed by atoms with E-state index in [9.17, 15) is 0 Å². The van der Waals surface area contributed by atoms with Gasteiger partial charge in [-0.15, -0.1) is 0 Å². The molecule has 3 heterocycles. The Morgan fingerprint density at radius 1 is 0.906 bits per heavy atom. The van der Waals surface area contributed by atoms with Gasteiger partial charge in [0.15, 0.2) is 5.16 Å². The lowest BCUT2D eigenvalue weighted by Gasteiger charge is -2.14. The van der Waals surface area contributed by atoms with Crippen molar-refractivity contribution in [1.29, 1.82) is 0 Å². The van der Waals surface area contributed by atoms with Crippen LogP contribution in [0, 0.1) is 0 Å². The Labute approximate surface area is 190 Å². The van der Waals surface area contributed by atoms with Crippen LogP contribution in [-0.2, 0) is 0 Å². The summed E-state index contributed by atoms with van der Waals surface area (Å²) in [7, 11) is 0. The van der Waals surface area contributed by atoms with Crippen LogP contribution in [0.3, 0.4) is 0 Å². The van der Waals surface area contributed by atoms with Crippen molar-refractivity contribution in [3.63, 3.8) is 0 Å². The highest BCUT2D eigenvalue weighted by Gasteiger charge is 2.11. The number of benzene rings is 2. The first kappa shape index (κ1) is 20.1. The highest BCUT2D eigenvalue weighted by molar-refractivity contribution is 7.98. The van der Waals surface area contributed by atoms with Gasteiger partial charge in [0.25, 0.3) is 0 Å². The molecule has 0 radical (unpaired) electrons. The van der Waals surface area contributed by atoms with Gasteiger partial charge in [-0.1, -0.05) is 48.2 Å². The summed E-state index contributed by atoms with van der Waals surface area (Å²) in [5.74, 6) is 1.33. The number of rotatable bonds is 6. The van der Waals surface area contributed by atoms with Crippen LogP contribution in [0.5, 0.6) is 0 Å². The first-order valence-corrected chi connectivity index (χ1v) is 11.4. The van der Waals surface area contributed by atoms with Gasteiger partial charge in [-0.05, 0) is 43.0 Å². The van der Waals surface area contributed by atoms with Crippen molar-refractivity contribution < 1.29 is 0 Å². The van der Waals surface area contributed by atoms with E-state index in [1.807, 2.05) is 59.4 Å². The fraction of sp³-hybridized carbons (Fsp3) is 0.125. The minimum absolute atomic E-state index is 0.0903. The molecule has 0 spiro atoms. The van der Waals surface area contributed by atoms with Crippen LogP contribution in [0.1, 0.15) is 18.5 Å². The molecule has 3 aromatic heterocycles. The maximum atomic E-state index is 4.71. The Kier molecular flexibility index (Phi) is 5.51. The lowest BCUT2D eigenvalue weighted by molar-refractivity contribution is 0.854. The SMILES string of the molecule is CSc1nccc(-c2ccc3c(c2)ncn3-c2ccnc(NC(C)c3ccccc3)n2)n1. The van der Waals surface area contributed by atoms with Gasteiger partial charge in [-0.25, -0.2) is 19.9 Å². The summed E-state index contributed by atoms with van der Waals surface area (Å²) in [6.07, 6.45) is 7.29. The third kappa shape index (κ3) is 4.04. The minimum Gasteiger partial charge on any atom is -0.348 e. The molecule has 0 bridgehead atoms. The van der Waals surface area contributed by atoms with Gasteiger partial charge >= 0.3 is 0 Å². The number of aromatic nitrogens is 6. The predicted molar refractivity (Wildman–Crippen MR) is 128 cm³/mol. The van der Waals surface area contributed by atoms with Gasteiger partial charge in [0, 0.05) is 18.0 Å². The van der Waals surface area contributed by atoms with E-state index in [4.69, 9.17) is 4.98 Å². The Hall–Kier alpha value is -3.78. The number of nitrogens with zero attached hydrogens (tertiary/aromatic N) is 6. The summed E-state index contributed by atoms with van der Waals surface area (Å²) in [6, 6.07) is 20.2. The molecular weight excluding hydrogens is 418 g/mol. The van der Waals surface area contributed by atoms with E-state index >= 15 is 0 Å². The van der Waals surface area contributed by atoms with E-state index in [0.29, 0.717) is 5.95 Å². The summed E-state index contributed by atoms with van der Waals surface area (Å²) in [6.45, 7) is 2.09. The third-order valence-electron chi connectivity index (χ3n) is 5.19. The molecule has 0 aliphatic rings. The fourth-order valence-electron chi connectivity index (χ4n) is 3.53. The van der Waals surface area contributed by atoms with E-state index in [-0.39, 0.29) is 6.04 Å². The maximum Gasteiger partial charge on any atom is 0.225 e. The summed E-state index contributed by atoms with van der Waals surface area (Å²) in [5.41, 5.74) is 4.90. The number of nitrogens with one attached hydrogen (secondary N) is 1. The molecule has 7 nitrogen and oxygen atoms in total. The number of hydrogen-bond acceptors (Lipinski definition) is 7. The molecule has 5 aromatic rings. The van der Waals surface area contributed by atoms with Crippen LogP contribution < -0.4 is 5.32 Å².